The molecule has 4 heteroatoms. The van der Waals surface area contributed by atoms with E-state index in [0.29, 0.717) is 0 Å². The van der Waals surface area contributed by atoms with Crippen molar-refractivity contribution >= 4 is 0 Å². The van der Waals surface area contributed by atoms with Crippen LogP contribution in [0.1, 0.15) is 43.7 Å². The molecule has 1 saturated carbocycles. The van der Waals surface area contributed by atoms with Gasteiger partial charge in [0.05, 0.1) is 6.10 Å². The highest BCUT2D eigenvalue weighted by Gasteiger charge is 2.43. The van der Waals surface area contributed by atoms with Crippen LogP contribution in [0.4, 0.5) is 4.39 Å². The molecular weight excluding hydrogens is 245 g/mol. The maximum absolute atomic E-state index is 13.3. The highest BCUT2D eigenvalue weighted by Crippen LogP contribution is 2.45. The molecule has 1 aliphatic carbocycles. The number of methoxy groups -OCH3 is 1. The van der Waals surface area contributed by atoms with Gasteiger partial charge in [-0.05, 0) is 37.5 Å². The Morgan fingerprint density at radius 1 is 1.42 bits per heavy atom. The summed E-state index contributed by atoms with van der Waals surface area (Å²) in [7, 11) is 1.75. The summed E-state index contributed by atoms with van der Waals surface area (Å²) < 4.78 is 25.0. The van der Waals surface area contributed by atoms with Crippen LogP contribution >= 0.6 is 0 Å². The van der Waals surface area contributed by atoms with Crippen LogP contribution in [0.5, 0.6) is 5.75 Å². The van der Waals surface area contributed by atoms with E-state index in [2.05, 4.69) is 0 Å². The highest BCUT2D eigenvalue weighted by molar-refractivity contribution is 5.39. The number of hydrogen-bond acceptors (Lipinski definition) is 3. The summed E-state index contributed by atoms with van der Waals surface area (Å²) in [4.78, 5) is 0. The van der Waals surface area contributed by atoms with Gasteiger partial charge in [-0.25, -0.2) is 4.39 Å². The maximum atomic E-state index is 13.3. The van der Waals surface area contributed by atoms with E-state index >= 15 is 0 Å². The van der Waals surface area contributed by atoms with Crippen molar-refractivity contribution in [1.29, 1.82) is 0 Å². The molecule has 1 aliphatic heterocycles. The monoisotopic (exact) mass is 265 g/mol. The largest absolute Gasteiger partial charge is 0.487 e. The van der Waals surface area contributed by atoms with Gasteiger partial charge in [0.1, 0.15) is 17.2 Å². The number of rotatable bonds is 1. The Hall–Kier alpha value is -1.13. The lowest BCUT2D eigenvalue weighted by Crippen LogP contribution is -2.48. The predicted molar refractivity (Wildman–Crippen MR) is 70.6 cm³/mol. The van der Waals surface area contributed by atoms with Crippen LogP contribution in [0, 0.1) is 5.82 Å². The molecule has 19 heavy (non-hydrogen) atoms. The average molecular weight is 265 g/mol. The molecule has 3 atom stereocenters. The van der Waals surface area contributed by atoms with E-state index in [1.165, 1.54) is 12.1 Å². The number of hydrogen-bond donors (Lipinski definition) is 1. The van der Waals surface area contributed by atoms with Crippen molar-refractivity contribution in [3.8, 4) is 5.75 Å². The zero-order chi connectivity index (χ0) is 13.5. The molecule has 0 aromatic heterocycles. The first-order chi connectivity index (χ1) is 9.12. The maximum Gasteiger partial charge on any atom is 0.125 e. The fraction of sp³-hybridized carbons (Fsp3) is 0.600. The minimum absolute atomic E-state index is 0.157. The molecule has 3 unspecified atom stereocenters. The molecule has 0 amide bonds. The van der Waals surface area contributed by atoms with Crippen molar-refractivity contribution in [2.45, 2.75) is 49.9 Å². The molecule has 0 radical (unpaired) electrons. The van der Waals surface area contributed by atoms with Crippen LogP contribution in [0.25, 0.3) is 0 Å². The van der Waals surface area contributed by atoms with Crippen LogP contribution in [-0.4, -0.2) is 18.8 Å². The van der Waals surface area contributed by atoms with Crippen molar-refractivity contribution in [3.05, 3.63) is 29.6 Å². The van der Waals surface area contributed by atoms with Gasteiger partial charge in [-0.1, -0.05) is 0 Å². The number of fused-ring (bicyclic) bond motifs is 1. The molecule has 2 aliphatic rings. The molecule has 3 rings (SSSR count). The van der Waals surface area contributed by atoms with Crippen molar-refractivity contribution in [1.82, 2.24) is 0 Å². The van der Waals surface area contributed by atoms with Crippen molar-refractivity contribution < 1.29 is 13.9 Å². The Morgan fingerprint density at radius 3 is 3.05 bits per heavy atom. The first-order valence-corrected chi connectivity index (χ1v) is 6.89. The number of nitrogens with two attached hydrogens (primary N) is 1. The lowest BCUT2D eigenvalue weighted by molar-refractivity contribution is -0.0578. The summed E-state index contributed by atoms with van der Waals surface area (Å²) in [5, 5.41) is 0. The van der Waals surface area contributed by atoms with Crippen LogP contribution in [0.2, 0.25) is 0 Å². The molecule has 0 bridgehead atoms. The lowest BCUT2D eigenvalue weighted by atomic mass is 9.76. The van der Waals surface area contributed by atoms with Crippen LogP contribution in [0.3, 0.4) is 0 Å². The summed E-state index contributed by atoms with van der Waals surface area (Å²) in [6.45, 7) is 0. The van der Waals surface area contributed by atoms with Crippen molar-refractivity contribution in [3.63, 3.8) is 0 Å². The molecule has 1 aromatic carbocycles. The quantitative estimate of drug-likeness (QED) is 0.849. The zero-order valence-electron chi connectivity index (χ0n) is 11.2. The Morgan fingerprint density at radius 2 is 2.26 bits per heavy atom. The second-order valence-corrected chi connectivity index (χ2v) is 5.73. The van der Waals surface area contributed by atoms with Gasteiger partial charge >= 0.3 is 0 Å². The molecular formula is C15H20FNO2. The van der Waals surface area contributed by atoms with Crippen LogP contribution in [-0.2, 0) is 4.74 Å². The predicted octanol–water partition coefficient (Wildman–Crippen LogP) is 2.94. The minimum Gasteiger partial charge on any atom is -0.487 e. The smallest absolute Gasteiger partial charge is 0.125 e. The van der Waals surface area contributed by atoms with Gasteiger partial charge in [-0.15, -0.1) is 0 Å². The molecule has 1 fully saturated rings. The summed E-state index contributed by atoms with van der Waals surface area (Å²) in [6, 6.07) is 4.46. The summed E-state index contributed by atoms with van der Waals surface area (Å²) in [6.07, 6.45) is 5.01. The first-order valence-electron chi connectivity index (χ1n) is 6.89. The van der Waals surface area contributed by atoms with Gasteiger partial charge < -0.3 is 15.2 Å². The van der Waals surface area contributed by atoms with Crippen molar-refractivity contribution in [2.75, 3.05) is 7.11 Å². The summed E-state index contributed by atoms with van der Waals surface area (Å²) in [5.74, 6) is 0.476. The topological polar surface area (TPSA) is 44.5 Å². The molecule has 3 nitrogen and oxygen atoms in total. The molecule has 0 saturated heterocycles. The Balaban J connectivity index is 1.89. The van der Waals surface area contributed by atoms with E-state index in [1.807, 2.05) is 0 Å². The average Bonchev–Trinajstić information content (AvgIpc) is 2.40. The number of benzene rings is 1. The van der Waals surface area contributed by atoms with Gasteiger partial charge in [0.25, 0.3) is 0 Å². The second kappa shape index (κ2) is 4.76. The van der Waals surface area contributed by atoms with E-state index < -0.39 is 0 Å². The third-order valence-electron chi connectivity index (χ3n) is 4.38. The number of halogens is 1. The highest BCUT2D eigenvalue weighted by atomic mass is 19.1. The molecule has 2 N–H and O–H groups in total. The van der Waals surface area contributed by atoms with Gasteiger partial charge in [0.15, 0.2) is 0 Å². The van der Waals surface area contributed by atoms with E-state index in [1.54, 1.807) is 13.2 Å². The molecule has 104 valence electrons. The molecule has 1 aromatic rings. The van der Waals surface area contributed by atoms with E-state index in [-0.39, 0.29) is 23.6 Å². The summed E-state index contributed by atoms with van der Waals surface area (Å²) in [5.41, 5.74) is 6.77. The van der Waals surface area contributed by atoms with Gasteiger partial charge in [0, 0.05) is 31.6 Å². The Labute approximate surface area is 112 Å². The second-order valence-electron chi connectivity index (χ2n) is 5.73. The SMILES string of the molecule is COC1CCCC2(C1)CC(N)c1cc(F)ccc1O2. The molecule has 1 spiro atoms. The Kier molecular flexibility index (Phi) is 3.23. The standard InChI is InChI=1S/C15H20FNO2/c1-18-11-3-2-6-15(8-11)9-13(17)12-7-10(16)4-5-14(12)19-15/h4-5,7,11,13H,2-3,6,8-9,17H2,1H3. The first kappa shape index (κ1) is 12.9. The summed E-state index contributed by atoms with van der Waals surface area (Å²) >= 11 is 0. The van der Waals surface area contributed by atoms with E-state index in [0.717, 1.165) is 43.4 Å². The normalized spacial score (nSPS) is 33.8. The Bertz CT molecular complexity index is 479. The number of ether oxygens (including phenoxy) is 2. The third kappa shape index (κ3) is 2.35. The van der Waals surface area contributed by atoms with Gasteiger partial charge in [-0.3, -0.25) is 0 Å². The van der Waals surface area contributed by atoms with E-state index in [9.17, 15) is 4.39 Å². The van der Waals surface area contributed by atoms with Crippen LogP contribution < -0.4 is 10.5 Å². The fourth-order valence-corrected chi connectivity index (χ4v) is 3.44. The third-order valence-corrected chi connectivity index (χ3v) is 4.38. The lowest BCUT2D eigenvalue weighted by Gasteiger charge is -2.45. The van der Waals surface area contributed by atoms with Gasteiger partial charge in [-0.2, -0.15) is 0 Å². The molecule has 1 heterocycles. The zero-order valence-corrected chi connectivity index (χ0v) is 11.2. The van der Waals surface area contributed by atoms with Gasteiger partial charge in [0.2, 0.25) is 0 Å². The van der Waals surface area contributed by atoms with E-state index in [4.69, 9.17) is 15.2 Å². The fourth-order valence-electron chi connectivity index (χ4n) is 3.44. The van der Waals surface area contributed by atoms with Crippen molar-refractivity contribution in [2.24, 2.45) is 5.73 Å². The van der Waals surface area contributed by atoms with Crippen LogP contribution in [0.15, 0.2) is 18.2 Å². The minimum atomic E-state index is -0.257.